The Hall–Kier alpha value is -1.20. The van der Waals surface area contributed by atoms with Crippen LogP contribution >= 0.6 is 11.3 Å². The minimum Gasteiger partial charge on any atom is -0.364 e. The molecule has 1 aliphatic rings. The molecule has 2 heterocycles. The first-order valence-electron chi connectivity index (χ1n) is 6.62. The second kappa shape index (κ2) is 4.72. The Kier molecular flexibility index (Phi) is 3.19. The molecule has 0 bridgehead atoms. The third-order valence-electron chi connectivity index (χ3n) is 3.86. The molecule has 19 heavy (non-hydrogen) atoms. The molecule has 1 atom stereocenters. The fourth-order valence-electron chi connectivity index (χ4n) is 2.81. The maximum atomic E-state index is 12.6. The number of fused-ring (bicyclic) bond motifs is 3. The Morgan fingerprint density at radius 1 is 1.53 bits per heavy atom. The topological polar surface area (TPSA) is 44.1 Å². The van der Waals surface area contributed by atoms with Gasteiger partial charge in [0, 0.05) is 12.0 Å². The smallest absolute Gasteiger partial charge is 0.264 e. The second-order valence-corrected chi connectivity index (χ2v) is 6.43. The normalized spacial score (nSPS) is 18.8. The first-order chi connectivity index (χ1) is 9.11. The van der Waals surface area contributed by atoms with E-state index in [4.69, 9.17) is 4.74 Å². The molecule has 2 aromatic rings. The maximum Gasteiger partial charge on any atom is 0.264 e. The molecule has 4 nitrogen and oxygen atoms in total. The van der Waals surface area contributed by atoms with Crippen LogP contribution in [0.4, 0.5) is 0 Å². The second-order valence-electron chi connectivity index (χ2n) is 5.34. The van der Waals surface area contributed by atoms with Crippen molar-refractivity contribution in [2.24, 2.45) is 5.92 Å². The highest BCUT2D eigenvalue weighted by atomic mass is 32.1. The van der Waals surface area contributed by atoms with Crippen LogP contribution in [0.2, 0.25) is 0 Å². The Balaban J connectivity index is 2.27. The number of hydrogen-bond donors (Lipinski definition) is 0. The van der Waals surface area contributed by atoms with E-state index in [0.29, 0.717) is 5.92 Å². The van der Waals surface area contributed by atoms with Crippen molar-refractivity contribution in [2.45, 2.75) is 39.8 Å². The summed E-state index contributed by atoms with van der Waals surface area (Å²) in [6.45, 7) is 4.41. The van der Waals surface area contributed by atoms with Gasteiger partial charge in [-0.1, -0.05) is 6.92 Å². The lowest BCUT2D eigenvalue weighted by molar-refractivity contribution is 0.126. The highest BCUT2D eigenvalue weighted by Crippen LogP contribution is 2.35. The Morgan fingerprint density at radius 3 is 3.05 bits per heavy atom. The lowest BCUT2D eigenvalue weighted by atomic mass is 9.89. The average molecular weight is 278 g/mol. The predicted octanol–water partition coefficient (Wildman–Crippen LogP) is 2.50. The lowest BCUT2D eigenvalue weighted by Crippen LogP contribution is -2.25. The fourth-order valence-corrected chi connectivity index (χ4v) is 4.22. The number of thiophene rings is 1. The van der Waals surface area contributed by atoms with Gasteiger partial charge in [0.1, 0.15) is 17.4 Å². The van der Waals surface area contributed by atoms with E-state index in [1.807, 2.05) is 6.92 Å². The van der Waals surface area contributed by atoms with Gasteiger partial charge < -0.3 is 4.74 Å². The van der Waals surface area contributed by atoms with Crippen molar-refractivity contribution < 1.29 is 4.74 Å². The van der Waals surface area contributed by atoms with Crippen molar-refractivity contribution in [1.82, 2.24) is 9.55 Å². The van der Waals surface area contributed by atoms with Gasteiger partial charge in [0.2, 0.25) is 0 Å². The van der Waals surface area contributed by atoms with Crippen LogP contribution in [0.3, 0.4) is 0 Å². The highest BCUT2D eigenvalue weighted by molar-refractivity contribution is 7.18. The van der Waals surface area contributed by atoms with Gasteiger partial charge in [-0.15, -0.1) is 11.3 Å². The zero-order chi connectivity index (χ0) is 13.6. The van der Waals surface area contributed by atoms with Crippen LogP contribution in [0.15, 0.2) is 4.79 Å². The van der Waals surface area contributed by atoms with Crippen molar-refractivity contribution in [2.75, 3.05) is 7.11 Å². The van der Waals surface area contributed by atoms with E-state index >= 15 is 0 Å². The van der Waals surface area contributed by atoms with E-state index in [0.717, 1.165) is 35.3 Å². The van der Waals surface area contributed by atoms with E-state index < -0.39 is 0 Å². The van der Waals surface area contributed by atoms with Crippen molar-refractivity contribution in [3.8, 4) is 0 Å². The van der Waals surface area contributed by atoms with Gasteiger partial charge in [0.15, 0.2) is 0 Å². The van der Waals surface area contributed by atoms with Crippen molar-refractivity contribution in [3.05, 3.63) is 26.6 Å². The van der Waals surface area contributed by atoms with Gasteiger partial charge in [-0.25, -0.2) is 4.98 Å². The Labute approximate surface area is 116 Å². The summed E-state index contributed by atoms with van der Waals surface area (Å²) in [6, 6.07) is 0. The van der Waals surface area contributed by atoms with Crippen molar-refractivity contribution >= 4 is 21.6 Å². The van der Waals surface area contributed by atoms with Gasteiger partial charge >= 0.3 is 0 Å². The third kappa shape index (κ3) is 2.01. The van der Waals surface area contributed by atoms with Crippen LogP contribution < -0.4 is 5.56 Å². The summed E-state index contributed by atoms with van der Waals surface area (Å²) in [5, 5.41) is 0.828. The molecule has 1 aliphatic carbocycles. The van der Waals surface area contributed by atoms with E-state index in [2.05, 4.69) is 11.9 Å². The summed E-state index contributed by atoms with van der Waals surface area (Å²) in [5.41, 5.74) is 1.29. The van der Waals surface area contributed by atoms with Crippen LogP contribution in [-0.4, -0.2) is 16.7 Å². The van der Waals surface area contributed by atoms with E-state index in [1.165, 1.54) is 10.4 Å². The summed E-state index contributed by atoms with van der Waals surface area (Å²) in [6.07, 6.45) is 3.25. The zero-order valence-electron chi connectivity index (χ0n) is 11.5. The molecule has 3 rings (SSSR count). The van der Waals surface area contributed by atoms with Crippen molar-refractivity contribution in [1.29, 1.82) is 0 Å². The molecule has 1 unspecified atom stereocenters. The molecule has 5 heteroatoms. The van der Waals surface area contributed by atoms with Gasteiger partial charge in [-0.2, -0.15) is 0 Å². The average Bonchev–Trinajstić information content (AvgIpc) is 2.71. The Morgan fingerprint density at radius 2 is 2.32 bits per heavy atom. The zero-order valence-corrected chi connectivity index (χ0v) is 12.3. The number of methoxy groups -OCH3 is 1. The van der Waals surface area contributed by atoms with E-state index in [1.54, 1.807) is 23.0 Å². The molecule has 0 amide bonds. The molecule has 0 saturated heterocycles. The molecule has 102 valence electrons. The number of aryl methyl sites for hydroxylation is 2. The Bertz CT molecular complexity index is 687. The minimum absolute atomic E-state index is 0.0522. The molecule has 2 aromatic heterocycles. The van der Waals surface area contributed by atoms with Gasteiger partial charge in [0.05, 0.1) is 5.39 Å². The molecular formula is C14H18N2O2S. The van der Waals surface area contributed by atoms with E-state index in [9.17, 15) is 4.79 Å². The van der Waals surface area contributed by atoms with Gasteiger partial charge in [0.25, 0.3) is 5.56 Å². The van der Waals surface area contributed by atoms with Gasteiger partial charge in [-0.05, 0) is 37.7 Å². The van der Waals surface area contributed by atoms with Crippen molar-refractivity contribution in [3.63, 3.8) is 0 Å². The first-order valence-corrected chi connectivity index (χ1v) is 7.44. The molecule has 0 fully saturated rings. The molecule has 0 aliphatic heterocycles. The molecule has 0 aromatic carbocycles. The quantitative estimate of drug-likeness (QED) is 0.847. The number of ether oxygens (including phenoxy) is 1. The van der Waals surface area contributed by atoms with Crippen LogP contribution in [0.1, 0.15) is 29.6 Å². The molecule has 0 saturated carbocycles. The lowest BCUT2D eigenvalue weighted by Gasteiger charge is -2.17. The minimum atomic E-state index is 0.0522. The largest absolute Gasteiger partial charge is 0.364 e. The van der Waals surface area contributed by atoms with Crippen LogP contribution in [0.25, 0.3) is 10.2 Å². The predicted molar refractivity (Wildman–Crippen MR) is 76.8 cm³/mol. The highest BCUT2D eigenvalue weighted by Gasteiger charge is 2.23. The number of aromatic nitrogens is 2. The molecule has 0 N–H and O–H groups in total. The number of rotatable bonds is 2. The van der Waals surface area contributed by atoms with E-state index in [-0.39, 0.29) is 12.3 Å². The summed E-state index contributed by atoms with van der Waals surface area (Å²) < 4.78 is 6.72. The number of nitrogens with zero attached hydrogens (tertiary/aromatic N) is 2. The number of hydrogen-bond acceptors (Lipinski definition) is 4. The molecule has 0 spiro atoms. The third-order valence-corrected chi connectivity index (χ3v) is 5.01. The summed E-state index contributed by atoms with van der Waals surface area (Å²) in [5.74, 6) is 1.44. The molecular weight excluding hydrogens is 260 g/mol. The van der Waals surface area contributed by atoms with Crippen LogP contribution in [0.5, 0.6) is 0 Å². The molecule has 0 radical (unpaired) electrons. The SMILES string of the molecule is COCn1c(C)nc2sc3c(c2c1=O)CCC(C)C3. The summed E-state index contributed by atoms with van der Waals surface area (Å²) >= 11 is 1.69. The first kappa shape index (κ1) is 12.8. The fraction of sp³-hybridized carbons (Fsp3) is 0.571. The standard InChI is InChI=1S/C14H18N2O2S/c1-8-4-5-10-11(6-8)19-13-12(10)14(17)16(7-18-3)9(2)15-13/h8H,4-7H2,1-3H3. The monoisotopic (exact) mass is 278 g/mol. The maximum absolute atomic E-state index is 12.6. The summed E-state index contributed by atoms with van der Waals surface area (Å²) in [7, 11) is 1.60. The van der Waals surface area contributed by atoms with Crippen LogP contribution in [-0.2, 0) is 24.3 Å². The van der Waals surface area contributed by atoms with Crippen LogP contribution in [0, 0.1) is 12.8 Å². The summed E-state index contributed by atoms with van der Waals surface area (Å²) in [4.78, 5) is 19.4. The van der Waals surface area contributed by atoms with Gasteiger partial charge in [-0.3, -0.25) is 9.36 Å².